The summed E-state index contributed by atoms with van der Waals surface area (Å²) in [4.78, 5) is 39.9. The van der Waals surface area contributed by atoms with Crippen molar-refractivity contribution in [2.24, 2.45) is 11.1 Å². The van der Waals surface area contributed by atoms with Gasteiger partial charge < -0.3 is 34.2 Å². The Balaban J connectivity index is 5.56. The summed E-state index contributed by atoms with van der Waals surface area (Å²) in [6.07, 6.45) is 9.58. The number of unbranched alkanes of at least 4 members (excludes halogenated alkanes) is 6. The fourth-order valence-electron chi connectivity index (χ4n) is 5.18. The lowest BCUT2D eigenvalue weighted by atomic mass is 9.86. The molecular weight excluding hydrogens is 650 g/mol. The largest absolute Gasteiger partial charge is 0.379 e. The van der Waals surface area contributed by atoms with Crippen LogP contribution in [0.2, 0.25) is 0 Å². The molecule has 51 heavy (non-hydrogen) atoms. The minimum atomic E-state index is -1.03. The van der Waals surface area contributed by atoms with E-state index in [1.54, 1.807) is 20.8 Å². The highest BCUT2D eigenvalue weighted by atomic mass is 16.5. The minimum absolute atomic E-state index is 0.0195. The number of carbonyl (C=O) groups is 3. The number of rotatable bonds is 34. The molecule has 0 saturated heterocycles. The molecule has 0 aliphatic carbocycles. The van der Waals surface area contributed by atoms with Gasteiger partial charge in [-0.3, -0.25) is 14.4 Å². The van der Waals surface area contributed by atoms with E-state index in [0.29, 0.717) is 45.5 Å². The molecule has 0 aromatic rings. The van der Waals surface area contributed by atoms with E-state index in [4.69, 9.17) is 34.2 Å². The standard InChI is InChI=1S/C41H79NO9/c1-13-41(29-49-38(7,8)35(43)23-17-14-20-26-46-32(2)3,30-50-39(9,10)36(44)24-18-15-21-27-47-33(4)5)31-51-40(11,12)37(45)25-19-16-22-28-48-34(6)42/h32-34H,13-31,42H2,1-12H3. The summed E-state index contributed by atoms with van der Waals surface area (Å²) >= 11 is 0. The van der Waals surface area contributed by atoms with Crippen LogP contribution in [0.3, 0.4) is 0 Å². The number of hydrogen-bond donors (Lipinski definition) is 1. The fraction of sp³-hybridized carbons (Fsp3) is 0.927. The number of hydrogen-bond acceptors (Lipinski definition) is 10. The van der Waals surface area contributed by atoms with Crippen LogP contribution in [0.4, 0.5) is 0 Å². The Morgan fingerprint density at radius 2 is 0.784 bits per heavy atom. The third-order valence-electron chi connectivity index (χ3n) is 9.41. The number of Topliss-reactive ketones (excluding diaryl/α,β-unsaturated/α-hetero) is 3. The van der Waals surface area contributed by atoms with Gasteiger partial charge in [-0.2, -0.15) is 0 Å². The van der Waals surface area contributed by atoms with Crippen LogP contribution in [0.25, 0.3) is 0 Å². The molecule has 0 radical (unpaired) electrons. The normalized spacial score (nSPS) is 13.7. The van der Waals surface area contributed by atoms with Gasteiger partial charge in [-0.05, 0) is 121 Å². The van der Waals surface area contributed by atoms with Crippen molar-refractivity contribution in [2.75, 3.05) is 39.6 Å². The maximum absolute atomic E-state index is 13.3. The average molecular weight is 730 g/mol. The molecule has 0 heterocycles. The molecule has 2 N–H and O–H groups in total. The second-order valence-electron chi connectivity index (χ2n) is 16.4. The molecular formula is C41H79NO9. The topological polar surface area (TPSA) is 133 Å². The van der Waals surface area contributed by atoms with Crippen LogP contribution in [0, 0.1) is 5.41 Å². The minimum Gasteiger partial charge on any atom is -0.379 e. The Morgan fingerprint density at radius 3 is 1.04 bits per heavy atom. The van der Waals surface area contributed by atoms with Crippen LogP contribution in [0.1, 0.15) is 167 Å². The molecule has 0 aromatic carbocycles. The van der Waals surface area contributed by atoms with Crippen molar-refractivity contribution in [3.8, 4) is 0 Å². The first-order chi connectivity index (χ1) is 23.7. The predicted molar refractivity (Wildman–Crippen MR) is 205 cm³/mol. The molecule has 0 rings (SSSR count). The van der Waals surface area contributed by atoms with Crippen molar-refractivity contribution >= 4 is 17.3 Å². The molecule has 0 bridgehead atoms. The Kier molecular flexibility index (Phi) is 25.1. The van der Waals surface area contributed by atoms with E-state index in [1.807, 2.05) is 62.3 Å². The lowest BCUT2D eigenvalue weighted by Crippen LogP contribution is -2.48. The van der Waals surface area contributed by atoms with Crippen molar-refractivity contribution in [3.05, 3.63) is 0 Å². The molecule has 10 heteroatoms. The van der Waals surface area contributed by atoms with Gasteiger partial charge in [0.2, 0.25) is 0 Å². The summed E-state index contributed by atoms with van der Waals surface area (Å²) in [5.74, 6) is 0.0940. The van der Waals surface area contributed by atoms with Crippen LogP contribution >= 0.6 is 0 Å². The third-order valence-corrected chi connectivity index (χ3v) is 9.41. The quantitative estimate of drug-likeness (QED) is 0.0509. The molecule has 1 atom stereocenters. The Morgan fingerprint density at radius 1 is 0.490 bits per heavy atom. The number of ether oxygens (including phenoxy) is 6. The fourth-order valence-corrected chi connectivity index (χ4v) is 5.18. The first-order valence-electron chi connectivity index (χ1n) is 19.8. The van der Waals surface area contributed by atoms with Crippen LogP contribution in [-0.2, 0) is 42.8 Å². The Hall–Kier alpha value is -1.27. The molecule has 1 unspecified atom stereocenters. The summed E-state index contributed by atoms with van der Waals surface area (Å²) < 4.78 is 35.9. The first kappa shape index (κ1) is 49.7. The molecule has 0 saturated carbocycles. The summed E-state index contributed by atoms with van der Waals surface area (Å²) in [6.45, 7) is 25.2. The van der Waals surface area contributed by atoms with Crippen molar-refractivity contribution in [1.29, 1.82) is 0 Å². The first-order valence-corrected chi connectivity index (χ1v) is 19.8. The Labute approximate surface area is 312 Å². The van der Waals surface area contributed by atoms with Crippen molar-refractivity contribution in [2.45, 2.75) is 202 Å². The van der Waals surface area contributed by atoms with Gasteiger partial charge in [0.25, 0.3) is 0 Å². The van der Waals surface area contributed by atoms with Gasteiger partial charge in [-0.1, -0.05) is 26.2 Å². The van der Waals surface area contributed by atoms with E-state index >= 15 is 0 Å². The predicted octanol–water partition coefficient (Wildman–Crippen LogP) is 8.33. The second-order valence-corrected chi connectivity index (χ2v) is 16.4. The SMILES string of the molecule is CCC(COC(C)(C)C(=O)CCCCCOC(C)C)(COC(C)(C)C(=O)CCCCCOC(C)C)COC(C)(C)C(=O)CCCCCOC(C)N. The summed E-state index contributed by atoms with van der Waals surface area (Å²) in [5.41, 5.74) is 1.87. The van der Waals surface area contributed by atoms with E-state index in [2.05, 4.69) is 0 Å². The summed E-state index contributed by atoms with van der Waals surface area (Å²) in [5, 5.41) is 0. The van der Waals surface area contributed by atoms with Crippen LogP contribution in [0.15, 0.2) is 0 Å². The zero-order valence-corrected chi connectivity index (χ0v) is 34.9. The van der Waals surface area contributed by atoms with Gasteiger partial charge in [-0.25, -0.2) is 0 Å². The molecule has 10 nitrogen and oxygen atoms in total. The monoisotopic (exact) mass is 730 g/mol. The Bertz CT molecular complexity index is 842. The maximum Gasteiger partial charge on any atom is 0.164 e. The van der Waals surface area contributed by atoms with Gasteiger partial charge >= 0.3 is 0 Å². The van der Waals surface area contributed by atoms with Crippen LogP contribution in [-0.4, -0.2) is 92.2 Å². The van der Waals surface area contributed by atoms with Gasteiger partial charge in [-0.15, -0.1) is 0 Å². The lowest BCUT2D eigenvalue weighted by molar-refractivity contribution is -0.174. The summed E-state index contributed by atoms with van der Waals surface area (Å²) in [7, 11) is 0. The van der Waals surface area contributed by atoms with Crippen LogP contribution in [0.5, 0.6) is 0 Å². The highest BCUT2D eigenvalue weighted by Gasteiger charge is 2.40. The molecule has 302 valence electrons. The number of carbonyl (C=O) groups excluding carboxylic acids is 3. The molecule has 0 fully saturated rings. The highest BCUT2D eigenvalue weighted by molar-refractivity contribution is 5.87. The number of ketones is 3. The molecule has 0 amide bonds. The molecule has 0 aromatic heterocycles. The van der Waals surface area contributed by atoms with Gasteiger partial charge in [0.15, 0.2) is 17.3 Å². The zero-order valence-electron chi connectivity index (χ0n) is 34.9. The lowest BCUT2D eigenvalue weighted by Gasteiger charge is -2.39. The summed E-state index contributed by atoms with van der Waals surface area (Å²) in [6, 6.07) is 0. The van der Waals surface area contributed by atoms with Gasteiger partial charge in [0, 0.05) is 44.5 Å². The molecule has 0 spiro atoms. The zero-order chi connectivity index (χ0) is 39.1. The average Bonchev–Trinajstić information content (AvgIpc) is 3.04. The van der Waals surface area contributed by atoms with Crippen molar-refractivity contribution < 1.29 is 42.8 Å². The highest BCUT2D eigenvalue weighted by Crippen LogP contribution is 2.32. The van der Waals surface area contributed by atoms with Crippen molar-refractivity contribution in [1.82, 2.24) is 0 Å². The van der Waals surface area contributed by atoms with E-state index in [1.165, 1.54) is 0 Å². The third kappa shape index (κ3) is 23.2. The molecule has 0 aliphatic rings. The van der Waals surface area contributed by atoms with E-state index in [0.717, 1.165) is 57.8 Å². The van der Waals surface area contributed by atoms with E-state index in [9.17, 15) is 14.4 Å². The number of nitrogens with two attached hydrogens (primary N) is 1. The van der Waals surface area contributed by atoms with E-state index in [-0.39, 0.29) is 55.6 Å². The molecule has 0 aliphatic heterocycles. The van der Waals surface area contributed by atoms with Crippen molar-refractivity contribution in [3.63, 3.8) is 0 Å². The smallest absolute Gasteiger partial charge is 0.164 e. The van der Waals surface area contributed by atoms with Gasteiger partial charge in [0.1, 0.15) is 23.0 Å². The maximum atomic E-state index is 13.3. The van der Waals surface area contributed by atoms with E-state index < -0.39 is 22.2 Å². The van der Waals surface area contributed by atoms with Crippen LogP contribution < -0.4 is 5.73 Å². The second kappa shape index (κ2) is 25.7. The van der Waals surface area contributed by atoms with Gasteiger partial charge in [0.05, 0.1) is 32.0 Å².